The van der Waals surface area contributed by atoms with Crippen LogP contribution < -0.4 is 0 Å². The van der Waals surface area contributed by atoms with E-state index in [1.54, 1.807) is 0 Å². The van der Waals surface area contributed by atoms with Crippen LogP contribution in [0.1, 0.15) is 84.0 Å². The van der Waals surface area contributed by atoms with Crippen LogP contribution in [0.5, 0.6) is 0 Å². The van der Waals surface area contributed by atoms with Crippen molar-refractivity contribution in [3.05, 3.63) is 12.2 Å². The van der Waals surface area contributed by atoms with E-state index in [9.17, 15) is 4.79 Å². The largest absolute Gasteiger partial charge is 0.462 e. The van der Waals surface area contributed by atoms with E-state index in [0.717, 1.165) is 24.2 Å². The zero-order valence-electron chi connectivity index (χ0n) is 16.2. The highest BCUT2D eigenvalue weighted by Gasteiger charge is 2.26. The van der Waals surface area contributed by atoms with Crippen molar-refractivity contribution < 1.29 is 14.6 Å². The van der Waals surface area contributed by atoms with Crippen LogP contribution in [0, 0.1) is 23.7 Å². The van der Waals surface area contributed by atoms with Gasteiger partial charge in [0.1, 0.15) is 0 Å². The second kappa shape index (κ2) is 11.0. The molecular formula is C22H38O3. The summed E-state index contributed by atoms with van der Waals surface area (Å²) in [6.07, 6.45) is 16.4. The van der Waals surface area contributed by atoms with Crippen LogP contribution in [0.25, 0.3) is 0 Å². The van der Waals surface area contributed by atoms with E-state index in [1.807, 2.05) is 0 Å². The number of esters is 1. The summed E-state index contributed by atoms with van der Waals surface area (Å²) >= 11 is 0. The monoisotopic (exact) mass is 350 g/mol. The van der Waals surface area contributed by atoms with E-state index in [0.29, 0.717) is 12.5 Å². The lowest BCUT2D eigenvalue weighted by atomic mass is 9.72. The van der Waals surface area contributed by atoms with Crippen LogP contribution in [0.4, 0.5) is 0 Å². The van der Waals surface area contributed by atoms with E-state index in [1.165, 1.54) is 70.6 Å². The summed E-state index contributed by atoms with van der Waals surface area (Å²) < 4.78 is 5.18. The van der Waals surface area contributed by atoms with Gasteiger partial charge in [0.2, 0.25) is 0 Å². The summed E-state index contributed by atoms with van der Waals surface area (Å²) in [7, 11) is 0. The molecule has 0 spiro atoms. The highest BCUT2D eigenvalue weighted by Crippen LogP contribution is 2.39. The van der Waals surface area contributed by atoms with Gasteiger partial charge >= 0.3 is 5.97 Å². The van der Waals surface area contributed by atoms with Crippen LogP contribution in [0.15, 0.2) is 12.2 Å². The predicted octanol–water partition coefficient (Wildman–Crippen LogP) is 5.27. The van der Waals surface area contributed by atoms with Crippen molar-refractivity contribution in [3.63, 3.8) is 0 Å². The summed E-state index contributed by atoms with van der Waals surface area (Å²) in [4.78, 5) is 11.5. The molecule has 2 rings (SSSR count). The van der Waals surface area contributed by atoms with Gasteiger partial charge in [0.05, 0.1) is 18.8 Å². The Morgan fingerprint density at radius 1 is 0.920 bits per heavy atom. The Kier molecular flexibility index (Phi) is 9.02. The molecule has 3 nitrogen and oxygen atoms in total. The predicted molar refractivity (Wildman–Crippen MR) is 102 cm³/mol. The number of aliphatic hydroxyl groups is 1. The third-order valence-corrected chi connectivity index (χ3v) is 6.54. The molecule has 0 aromatic heterocycles. The first-order valence-electron chi connectivity index (χ1n) is 10.6. The van der Waals surface area contributed by atoms with Gasteiger partial charge in [-0.05, 0) is 36.5 Å². The molecule has 0 amide bonds. The fourth-order valence-corrected chi connectivity index (χ4v) is 4.88. The molecule has 2 aliphatic rings. The first kappa shape index (κ1) is 20.5. The van der Waals surface area contributed by atoms with E-state index in [2.05, 4.69) is 13.5 Å². The Labute approximate surface area is 154 Å². The summed E-state index contributed by atoms with van der Waals surface area (Å²) in [6.45, 7) is 5.96. The molecule has 0 heterocycles. The average Bonchev–Trinajstić information content (AvgIpc) is 2.64. The lowest BCUT2D eigenvalue weighted by Crippen LogP contribution is -2.21. The van der Waals surface area contributed by atoms with Crippen molar-refractivity contribution >= 4 is 5.97 Å². The molecule has 0 aliphatic heterocycles. The lowest BCUT2D eigenvalue weighted by molar-refractivity contribution is -0.139. The first-order chi connectivity index (χ1) is 12.1. The maximum atomic E-state index is 11.5. The minimum atomic E-state index is -0.449. The van der Waals surface area contributed by atoms with Crippen molar-refractivity contribution in [1.29, 1.82) is 0 Å². The van der Waals surface area contributed by atoms with Crippen LogP contribution in [-0.2, 0) is 9.53 Å². The molecule has 2 fully saturated rings. The number of rotatable bonds is 9. The molecular weight excluding hydrogens is 312 g/mol. The summed E-state index contributed by atoms with van der Waals surface area (Å²) in [6, 6.07) is 0. The molecule has 0 aromatic carbocycles. The lowest BCUT2D eigenvalue weighted by Gasteiger charge is -2.34. The molecule has 0 aromatic rings. The summed E-state index contributed by atoms with van der Waals surface area (Å²) in [5.74, 6) is 3.18. The second-order valence-corrected chi connectivity index (χ2v) is 8.48. The topological polar surface area (TPSA) is 46.5 Å². The van der Waals surface area contributed by atoms with Gasteiger partial charge in [-0.15, -0.1) is 0 Å². The smallest absolute Gasteiger partial charge is 0.335 e. The van der Waals surface area contributed by atoms with Crippen molar-refractivity contribution in [2.24, 2.45) is 23.7 Å². The summed E-state index contributed by atoms with van der Waals surface area (Å²) in [5, 5.41) is 8.86. The molecule has 0 unspecified atom stereocenters. The van der Waals surface area contributed by atoms with Gasteiger partial charge in [0, 0.05) is 0 Å². The number of hydrogen-bond acceptors (Lipinski definition) is 3. The van der Waals surface area contributed by atoms with Gasteiger partial charge in [-0.1, -0.05) is 77.7 Å². The van der Waals surface area contributed by atoms with Gasteiger partial charge in [0.25, 0.3) is 0 Å². The van der Waals surface area contributed by atoms with Gasteiger partial charge in [0.15, 0.2) is 0 Å². The van der Waals surface area contributed by atoms with Crippen molar-refractivity contribution in [2.45, 2.75) is 84.0 Å². The summed E-state index contributed by atoms with van der Waals surface area (Å²) in [5.41, 5.74) is 0.150. The van der Waals surface area contributed by atoms with Crippen molar-refractivity contribution in [3.8, 4) is 0 Å². The number of hydrogen-bond donors (Lipinski definition) is 1. The molecule has 0 saturated heterocycles. The van der Waals surface area contributed by atoms with Crippen LogP contribution in [0.2, 0.25) is 0 Å². The zero-order chi connectivity index (χ0) is 18.1. The maximum absolute atomic E-state index is 11.5. The molecule has 2 aliphatic carbocycles. The molecule has 0 atom stereocenters. The van der Waals surface area contributed by atoms with Gasteiger partial charge in [-0.2, -0.15) is 0 Å². The molecule has 2 saturated carbocycles. The Morgan fingerprint density at radius 3 is 1.88 bits per heavy atom. The number of carbonyl (C=O) groups excluding carboxylic acids is 1. The van der Waals surface area contributed by atoms with E-state index < -0.39 is 5.97 Å². The fraction of sp³-hybridized carbons (Fsp3) is 0.864. The molecule has 0 bridgehead atoms. The van der Waals surface area contributed by atoms with Crippen LogP contribution in [-0.4, -0.2) is 24.3 Å². The maximum Gasteiger partial charge on any atom is 0.335 e. The van der Waals surface area contributed by atoms with Gasteiger partial charge < -0.3 is 9.84 Å². The average molecular weight is 351 g/mol. The van der Waals surface area contributed by atoms with E-state index >= 15 is 0 Å². The fourth-order valence-electron chi connectivity index (χ4n) is 4.88. The molecule has 144 valence electrons. The van der Waals surface area contributed by atoms with Crippen LogP contribution in [0.3, 0.4) is 0 Å². The minimum Gasteiger partial charge on any atom is -0.462 e. The third-order valence-electron chi connectivity index (χ3n) is 6.54. The highest BCUT2D eigenvalue weighted by atomic mass is 16.5. The standard InChI is InChI=1S/C22H38O3/c1-3-4-18-5-9-20(10-6-18)15-21-11-7-19(8-12-21)13-14-25-22(24)17(2)16-23/h18-21,23H,2-16H2,1H3. The third kappa shape index (κ3) is 7.13. The molecule has 3 heteroatoms. The van der Waals surface area contributed by atoms with E-state index in [4.69, 9.17) is 9.84 Å². The molecule has 0 radical (unpaired) electrons. The minimum absolute atomic E-state index is 0.150. The molecule has 1 N–H and O–H groups in total. The number of carbonyl (C=O) groups is 1. The Balaban J connectivity index is 1.56. The Bertz CT molecular complexity index is 401. The van der Waals surface area contributed by atoms with Gasteiger partial charge in [-0.25, -0.2) is 4.79 Å². The second-order valence-electron chi connectivity index (χ2n) is 8.48. The highest BCUT2D eigenvalue weighted by molar-refractivity contribution is 5.87. The quantitative estimate of drug-likeness (QED) is 0.455. The van der Waals surface area contributed by atoms with Gasteiger partial charge in [-0.3, -0.25) is 0 Å². The normalized spacial score (nSPS) is 30.0. The number of ether oxygens (including phenoxy) is 1. The zero-order valence-corrected chi connectivity index (χ0v) is 16.2. The van der Waals surface area contributed by atoms with E-state index in [-0.39, 0.29) is 12.2 Å². The Hall–Kier alpha value is -0.830. The van der Waals surface area contributed by atoms with Crippen LogP contribution >= 0.6 is 0 Å². The first-order valence-corrected chi connectivity index (χ1v) is 10.6. The van der Waals surface area contributed by atoms with Crippen molar-refractivity contribution in [2.75, 3.05) is 13.2 Å². The Morgan fingerprint density at radius 2 is 1.40 bits per heavy atom. The number of aliphatic hydroxyl groups excluding tert-OH is 1. The SMILES string of the molecule is C=C(CO)C(=O)OCCC1CCC(CC2CCC(CCC)CC2)CC1. The van der Waals surface area contributed by atoms with Crippen molar-refractivity contribution in [1.82, 2.24) is 0 Å². The molecule has 25 heavy (non-hydrogen) atoms.